The third kappa shape index (κ3) is 2.91. The molecule has 0 N–H and O–H groups in total. The molecule has 0 saturated carbocycles. The van der Waals surface area contributed by atoms with Crippen molar-refractivity contribution in [3.8, 4) is 28.7 Å². The van der Waals surface area contributed by atoms with Crippen molar-refractivity contribution in [1.29, 1.82) is 0 Å². The predicted octanol–water partition coefficient (Wildman–Crippen LogP) is 2.73. The molecule has 0 unspecified atom stereocenters. The smallest absolute Gasteiger partial charge is 0.310 e. The van der Waals surface area contributed by atoms with Gasteiger partial charge >= 0.3 is 5.97 Å². The first-order chi connectivity index (χ1) is 15.6. The molecule has 1 aliphatic carbocycles. The molecule has 0 radical (unpaired) electrons. The highest BCUT2D eigenvalue weighted by Gasteiger charge is 2.51. The molecule has 9 nitrogen and oxygen atoms in total. The first kappa shape index (κ1) is 20.3. The van der Waals surface area contributed by atoms with Crippen LogP contribution in [0, 0.1) is 11.8 Å². The predicted molar refractivity (Wildman–Crippen MR) is 112 cm³/mol. The molecule has 2 aromatic rings. The average molecular weight is 441 g/mol. The van der Waals surface area contributed by atoms with E-state index in [1.54, 1.807) is 21.3 Å². The maximum atomic E-state index is 13.0. The molecular weight excluding hydrogens is 418 g/mol. The largest absolute Gasteiger partial charge is 0.493 e. The topological polar surface area (TPSA) is 94.0 Å². The fraction of sp³-hybridized carbons (Fsp3) is 0.391. The number of carbonyl (C=O) groups excluding carboxylic acids is 1. The van der Waals surface area contributed by atoms with Gasteiger partial charge in [-0.15, -0.1) is 0 Å². The summed E-state index contributed by atoms with van der Waals surface area (Å²) in [4.78, 5) is 18.1. The summed E-state index contributed by atoms with van der Waals surface area (Å²) in [6.07, 6.45) is 0. The molecule has 32 heavy (non-hydrogen) atoms. The van der Waals surface area contributed by atoms with Crippen LogP contribution in [0.4, 0.5) is 0 Å². The minimum absolute atomic E-state index is 0.138. The first-order valence-electron chi connectivity index (χ1n) is 10.1. The Hall–Kier alpha value is -3.62. The van der Waals surface area contributed by atoms with Gasteiger partial charge in [0.15, 0.2) is 23.0 Å². The number of fused-ring (bicyclic) bond motifs is 3. The van der Waals surface area contributed by atoms with Crippen molar-refractivity contribution in [2.75, 3.05) is 41.8 Å². The lowest BCUT2D eigenvalue weighted by molar-refractivity contribution is -0.141. The molecule has 0 spiro atoms. The van der Waals surface area contributed by atoms with Crippen LogP contribution in [0.2, 0.25) is 0 Å². The molecule has 2 aliphatic heterocycles. The zero-order chi connectivity index (χ0) is 22.4. The molecule has 2 heterocycles. The number of rotatable bonds is 5. The highest BCUT2D eigenvalue weighted by molar-refractivity contribution is 6.08. The summed E-state index contributed by atoms with van der Waals surface area (Å²) in [5, 5.41) is 4.27. The van der Waals surface area contributed by atoms with Crippen molar-refractivity contribution in [1.82, 2.24) is 0 Å². The van der Waals surface area contributed by atoms with Crippen LogP contribution >= 0.6 is 0 Å². The van der Waals surface area contributed by atoms with Crippen molar-refractivity contribution >= 4 is 11.7 Å². The van der Waals surface area contributed by atoms with Gasteiger partial charge in [-0.05, 0) is 35.4 Å². The lowest BCUT2D eigenvalue weighted by Gasteiger charge is -2.34. The molecule has 9 heteroatoms. The maximum Gasteiger partial charge on any atom is 0.310 e. The molecule has 0 aromatic heterocycles. The van der Waals surface area contributed by atoms with Crippen LogP contribution in [0.3, 0.4) is 0 Å². The first-order valence-corrected chi connectivity index (χ1v) is 10.1. The Kier molecular flexibility index (Phi) is 4.96. The Labute approximate surface area is 184 Å². The third-order valence-electron chi connectivity index (χ3n) is 6.21. The number of hydrogen-bond donors (Lipinski definition) is 0. The minimum atomic E-state index is -0.500. The van der Waals surface area contributed by atoms with E-state index in [1.807, 2.05) is 24.3 Å². The van der Waals surface area contributed by atoms with Gasteiger partial charge in [0.25, 0.3) is 0 Å². The van der Waals surface area contributed by atoms with Crippen molar-refractivity contribution in [2.45, 2.75) is 5.92 Å². The van der Waals surface area contributed by atoms with E-state index in [-0.39, 0.29) is 31.2 Å². The minimum Gasteiger partial charge on any atom is -0.493 e. The number of nitrogens with zero attached hydrogens (tertiary/aromatic N) is 1. The SMILES string of the molecule is CO/N=C1\c2cc3c(cc2[C@@H](c2cc(OC)c(OC)c(OC)c2)[C@H]2C(=O)OC[C@H]12)OCO3. The van der Waals surface area contributed by atoms with E-state index < -0.39 is 5.92 Å². The van der Waals surface area contributed by atoms with Crippen LogP contribution < -0.4 is 23.7 Å². The fourth-order valence-electron chi connectivity index (χ4n) is 4.87. The van der Waals surface area contributed by atoms with E-state index in [1.165, 1.54) is 7.11 Å². The van der Waals surface area contributed by atoms with Crippen LogP contribution in [-0.2, 0) is 14.4 Å². The zero-order valence-electron chi connectivity index (χ0n) is 18.2. The van der Waals surface area contributed by atoms with Crippen LogP contribution in [0.5, 0.6) is 28.7 Å². The number of cyclic esters (lactones) is 1. The second-order valence-electron chi connectivity index (χ2n) is 7.65. The Morgan fingerprint density at radius 1 is 0.906 bits per heavy atom. The molecule has 3 atom stereocenters. The van der Waals surface area contributed by atoms with E-state index >= 15 is 0 Å². The summed E-state index contributed by atoms with van der Waals surface area (Å²) in [5.74, 6) is 1.30. The van der Waals surface area contributed by atoms with Gasteiger partial charge in [0.05, 0.1) is 38.9 Å². The highest BCUT2D eigenvalue weighted by atomic mass is 16.7. The molecular formula is C23H23NO8. The van der Waals surface area contributed by atoms with Gasteiger partial charge in [-0.2, -0.15) is 0 Å². The van der Waals surface area contributed by atoms with E-state index in [2.05, 4.69) is 5.16 Å². The summed E-state index contributed by atoms with van der Waals surface area (Å²) < 4.78 is 33.3. The molecule has 0 bridgehead atoms. The molecule has 168 valence electrons. The summed E-state index contributed by atoms with van der Waals surface area (Å²) in [7, 11) is 6.15. The second kappa shape index (κ2) is 7.81. The Balaban J connectivity index is 1.77. The number of benzene rings is 2. The fourth-order valence-corrected chi connectivity index (χ4v) is 4.87. The van der Waals surface area contributed by atoms with E-state index in [0.717, 1.165) is 16.7 Å². The van der Waals surface area contributed by atoms with Gasteiger partial charge in [-0.25, -0.2) is 0 Å². The van der Waals surface area contributed by atoms with Gasteiger partial charge < -0.3 is 33.3 Å². The van der Waals surface area contributed by atoms with Gasteiger partial charge in [0, 0.05) is 11.5 Å². The lowest BCUT2D eigenvalue weighted by Crippen LogP contribution is -2.36. The molecule has 1 fully saturated rings. The lowest BCUT2D eigenvalue weighted by atomic mass is 9.66. The summed E-state index contributed by atoms with van der Waals surface area (Å²) in [6, 6.07) is 7.51. The van der Waals surface area contributed by atoms with Gasteiger partial charge in [-0.3, -0.25) is 4.79 Å². The Bertz CT molecular complexity index is 1090. The van der Waals surface area contributed by atoms with Gasteiger partial charge in [0.2, 0.25) is 12.5 Å². The van der Waals surface area contributed by atoms with Crippen molar-refractivity contribution < 1.29 is 38.1 Å². The molecule has 2 aromatic carbocycles. The van der Waals surface area contributed by atoms with E-state index in [9.17, 15) is 4.79 Å². The molecule has 5 rings (SSSR count). The quantitative estimate of drug-likeness (QED) is 0.517. The normalized spacial score (nSPS) is 23.9. The monoisotopic (exact) mass is 441 g/mol. The summed E-state index contributed by atoms with van der Waals surface area (Å²) in [5.41, 5.74) is 3.17. The molecule has 1 saturated heterocycles. The number of esters is 1. The number of hydrogen-bond acceptors (Lipinski definition) is 9. The third-order valence-corrected chi connectivity index (χ3v) is 6.21. The number of methoxy groups -OCH3 is 3. The van der Waals surface area contributed by atoms with E-state index in [0.29, 0.717) is 34.5 Å². The van der Waals surface area contributed by atoms with Crippen LogP contribution in [0.1, 0.15) is 22.6 Å². The zero-order valence-corrected chi connectivity index (χ0v) is 18.2. The van der Waals surface area contributed by atoms with Crippen LogP contribution in [-0.4, -0.2) is 53.5 Å². The van der Waals surface area contributed by atoms with Crippen molar-refractivity contribution in [3.05, 3.63) is 41.0 Å². The second-order valence-corrected chi connectivity index (χ2v) is 7.65. The van der Waals surface area contributed by atoms with Crippen molar-refractivity contribution in [3.63, 3.8) is 0 Å². The Morgan fingerprint density at radius 2 is 1.59 bits per heavy atom. The molecule has 0 amide bonds. The molecule has 3 aliphatic rings. The number of carbonyl (C=O) groups is 1. The Morgan fingerprint density at radius 3 is 2.22 bits per heavy atom. The van der Waals surface area contributed by atoms with Crippen LogP contribution in [0.25, 0.3) is 0 Å². The van der Waals surface area contributed by atoms with Gasteiger partial charge in [0.1, 0.15) is 13.7 Å². The van der Waals surface area contributed by atoms with Crippen LogP contribution in [0.15, 0.2) is 29.4 Å². The standard InChI is InChI=1S/C23H23NO8/c1-26-17-5-11(6-18(27-2)22(17)28-3)19-12-7-15-16(32-10-31-15)8-13(12)21(24-29-4)14-9-30-23(25)20(14)19/h5-8,14,19-20H,9-10H2,1-4H3/b24-21+/t14-,19+,20-/m0/s1. The maximum absolute atomic E-state index is 13.0. The number of ether oxygens (including phenoxy) is 6. The van der Waals surface area contributed by atoms with E-state index in [4.69, 9.17) is 33.3 Å². The van der Waals surface area contributed by atoms with Gasteiger partial charge in [-0.1, -0.05) is 5.16 Å². The highest BCUT2D eigenvalue weighted by Crippen LogP contribution is 2.52. The number of oxime groups is 1. The van der Waals surface area contributed by atoms with Crippen molar-refractivity contribution in [2.24, 2.45) is 17.0 Å². The summed E-state index contributed by atoms with van der Waals surface area (Å²) >= 11 is 0. The average Bonchev–Trinajstić information content (AvgIpc) is 3.43. The summed E-state index contributed by atoms with van der Waals surface area (Å²) in [6.45, 7) is 0.360.